The van der Waals surface area contributed by atoms with Crippen molar-refractivity contribution in [3.63, 3.8) is 0 Å². The number of hydrogen-bond acceptors (Lipinski definition) is 1. The van der Waals surface area contributed by atoms with Crippen molar-refractivity contribution in [1.29, 1.82) is 0 Å². The van der Waals surface area contributed by atoms with Gasteiger partial charge in [-0.05, 0) is 103 Å². The Morgan fingerprint density at radius 3 is 1.30 bits per heavy atom. The number of fused-ring (bicyclic) bond motifs is 3. The molecule has 256 valence electrons. The first-order valence-electron chi connectivity index (χ1n) is 21.1. The van der Waals surface area contributed by atoms with Crippen LogP contribution >= 0.6 is 0 Å². The number of hydrogen-bond donors (Lipinski definition) is 0. The van der Waals surface area contributed by atoms with Gasteiger partial charge in [-0.3, -0.25) is 0 Å². The van der Waals surface area contributed by atoms with E-state index in [0.717, 1.165) is 39.3 Å². The summed E-state index contributed by atoms with van der Waals surface area (Å²) in [6, 6.07) is 68.7. The smallest absolute Gasteiger partial charge is 0.0714 e. The first kappa shape index (κ1) is 26.8. The van der Waals surface area contributed by atoms with Gasteiger partial charge in [0.25, 0.3) is 0 Å². The third-order valence-electron chi connectivity index (χ3n) is 10.7. The fraction of sp³-hybridized carbons (Fsp3) is 0.0189. The van der Waals surface area contributed by atoms with Crippen LogP contribution in [-0.4, -0.2) is 0 Å². The molecule has 0 fully saturated rings. The van der Waals surface area contributed by atoms with Gasteiger partial charge in [0.2, 0.25) is 0 Å². The quantitative estimate of drug-likeness (QED) is 0.145. The molecule has 1 aliphatic rings. The average Bonchev–Trinajstić information content (AvgIpc) is 3.60. The zero-order chi connectivity index (χ0) is 41.4. The summed E-state index contributed by atoms with van der Waals surface area (Å²) in [4.78, 5) is 2.28. The Morgan fingerprint density at radius 2 is 0.815 bits per heavy atom. The van der Waals surface area contributed by atoms with Crippen molar-refractivity contribution in [2.45, 2.75) is 5.41 Å². The van der Waals surface area contributed by atoms with Gasteiger partial charge in [-0.15, -0.1) is 0 Å². The second kappa shape index (κ2) is 13.9. The van der Waals surface area contributed by atoms with Crippen molar-refractivity contribution < 1.29 is 8.22 Å². The molecule has 0 spiro atoms. The van der Waals surface area contributed by atoms with Gasteiger partial charge in [0.15, 0.2) is 0 Å². The summed E-state index contributed by atoms with van der Waals surface area (Å²) >= 11 is 0. The standard InChI is InChI=1S/C53H39N/c1-3-38-19-23-40(24-20-38)42-27-31-46(32-28-42)54(47-33-29-43(30-34-47)41-25-21-39(4-2)22-26-41)48-35-36-50-49-17-11-12-18-51(49)53(52(50)37-48,44-13-7-5-8-14-44)45-15-9-6-10-16-45/h3-37H,1-2H2/i1D2,2D2,3D,4D. The second-order valence-electron chi connectivity index (χ2n) is 13.6. The van der Waals surface area contributed by atoms with Crippen molar-refractivity contribution >= 4 is 29.2 Å². The molecular formula is C53H39N. The molecule has 0 radical (unpaired) electrons. The molecule has 0 saturated heterocycles. The molecule has 0 N–H and O–H groups in total. The van der Waals surface area contributed by atoms with Crippen LogP contribution in [0.4, 0.5) is 17.1 Å². The van der Waals surface area contributed by atoms with Crippen molar-refractivity contribution in [2.24, 2.45) is 0 Å². The molecule has 0 heterocycles. The summed E-state index contributed by atoms with van der Waals surface area (Å²) in [6.07, 6.45) is 0. The SMILES string of the molecule is [2H]C([2H])=C([2H])c1ccc(-c2ccc(N(c3ccc(-c4ccc(C([2H])=C([2H])[2H])cc4)cc3)c3ccc4c(c3)C(c3ccccc3)(c3ccccc3)c3ccccc3-4)cc2)cc1. The van der Waals surface area contributed by atoms with Crippen LogP contribution in [0.15, 0.2) is 213 Å². The Kier molecular flexibility index (Phi) is 6.88. The summed E-state index contributed by atoms with van der Waals surface area (Å²) in [7, 11) is 0. The Bertz CT molecular complexity index is 2730. The summed E-state index contributed by atoms with van der Waals surface area (Å²) < 4.78 is 46.3. The third kappa shape index (κ3) is 5.59. The highest BCUT2D eigenvalue weighted by Gasteiger charge is 2.46. The number of nitrogens with zero attached hydrogens (tertiary/aromatic N) is 1. The van der Waals surface area contributed by atoms with E-state index in [-0.39, 0.29) is 12.1 Å². The van der Waals surface area contributed by atoms with E-state index in [1.165, 1.54) is 33.4 Å². The minimum absolute atomic E-state index is 0.109. The zero-order valence-corrected chi connectivity index (χ0v) is 29.5. The predicted octanol–water partition coefficient (Wildman–Crippen LogP) is 14.1. The van der Waals surface area contributed by atoms with Crippen molar-refractivity contribution in [3.8, 4) is 33.4 Å². The average molecular weight is 696 g/mol. The minimum atomic E-state index is -0.564. The van der Waals surface area contributed by atoms with Crippen LogP contribution in [0.5, 0.6) is 0 Å². The third-order valence-corrected chi connectivity index (χ3v) is 10.7. The van der Waals surface area contributed by atoms with E-state index < -0.39 is 18.5 Å². The van der Waals surface area contributed by atoms with Gasteiger partial charge < -0.3 is 4.90 Å². The molecule has 0 aromatic heterocycles. The van der Waals surface area contributed by atoms with Gasteiger partial charge in [-0.2, -0.15) is 0 Å². The second-order valence-corrected chi connectivity index (χ2v) is 13.6. The lowest BCUT2D eigenvalue weighted by atomic mass is 9.67. The van der Waals surface area contributed by atoms with E-state index in [2.05, 4.69) is 157 Å². The van der Waals surface area contributed by atoms with Crippen LogP contribution in [0.2, 0.25) is 0 Å². The molecule has 0 atom stereocenters. The Labute approximate surface area is 326 Å². The lowest BCUT2D eigenvalue weighted by Crippen LogP contribution is -2.28. The van der Waals surface area contributed by atoms with Crippen LogP contribution in [0.25, 0.3) is 45.5 Å². The Balaban J connectivity index is 1.19. The lowest BCUT2D eigenvalue weighted by Gasteiger charge is -2.35. The molecule has 1 heteroatoms. The molecule has 0 aliphatic heterocycles. The Hall–Kier alpha value is -6.96. The lowest BCUT2D eigenvalue weighted by molar-refractivity contribution is 0.768. The normalized spacial score (nSPS) is 13.8. The number of benzene rings is 8. The zero-order valence-electron chi connectivity index (χ0n) is 35.5. The fourth-order valence-corrected chi connectivity index (χ4v) is 8.12. The van der Waals surface area contributed by atoms with E-state index in [0.29, 0.717) is 11.1 Å². The van der Waals surface area contributed by atoms with Gasteiger partial charge in [-0.1, -0.05) is 189 Å². The number of rotatable bonds is 9. The van der Waals surface area contributed by atoms with E-state index >= 15 is 0 Å². The summed E-state index contributed by atoms with van der Waals surface area (Å²) in [6.45, 7) is -1.02. The summed E-state index contributed by atoms with van der Waals surface area (Å²) in [5.41, 5.74) is 14.6. The fourth-order valence-electron chi connectivity index (χ4n) is 8.12. The molecule has 8 aromatic carbocycles. The van der Waals surface area contributed by atoms with Crippen LogP contribution in [0, 0.1) is 0 Å². The van der Waals surface area contributed by atoms with Crippen LogP contribution in [0.1, 0.15) is 41.6 Å². The van der Waals surface area contributed by atoms with Gasteiger partial charge in [0.05, 0.1) is 13.6 Å². The van der Waals surface area contributed by atoms with Gasteiger partial charge in [-0.25, -0.2) is 0 Å². The van der Waals surface area contributed by atoms with E-state index in [4.69, 9.17) is 8.22 Å². The van der Waals surface area contributed by atoms with Gasteiger partial charge in [0.1, 0.15) is 0 Å². The van der Waals surface area contributed by atoms with Gasteiger partial charge in [0, 0.05) is 17.1 Å². The summed E-state index contributed by atoms with van der Waals surface area (Å²) in [5.74, 6) is 0. The molecule has 0 amide bonds. The molecule has 1 aliphatic carbocycles. The highest BCUT2D eigenvalue weighted by molar-refractivity contribution is 5.90. The van der Waals surface area contributed by atoms with Crippen LogP contribution in [-0.2, 0) is 5.41 Å². The first-order valence-corrected chi connectivity index (χ1v) is 18.1. The van der Waals surface area contributed by atoms with Crippen LogP contribution in [0.3, 0.4) is 0 Å². The highest BCUT2D eigenvalue weighted by atomic mass is 15.1. The van der Waals surface area contributed by atoms with Crippen molar-refractivity contribution in [2.75, 3.05) is 4.90 Å². The van der Waals surface area contributed by atoms with Crippen LogP contribution < -0.4 is 4.90 Å². The van der Waals surface area contributed by atoms with Crippen molar-refractivity contribution in [1.82, 2.24) is 0 Å². The molecule has 54 heavy (non-hydrogen) atoms. The van der Waals surface area contributed by atoms with E-state index in [1.54, 1.807) is 24.3 Å². The number of anilines is 3. The monoisotopic (exact) mass is 695 g/mol. The highest BCUT2D eigenvalue weighted by Crippen LogP contribution is 2.57. The molecule has 1 nitrogen and oxygen atoms in total. The summed E-state index contributed by atoms with van der Waals surface area (Å²) in [5, 5.41) is 0. The largest absolute Gasteiger partial charge is 0.310 e. The predicted molar refractivity (Wildman–Crippen MR) is 229 cm³/mol. The molecule has 8 aromatic rings. The molecule has 0 unspecified atom stereocenters. The topological polar surface area (TPSA) is 3.24 Å². The molecule has 0 bridgehead atoms. The van der Waals surface area contributed by atoms with E-state index in [9.17, 15) is 0 Å². The maximum absolute atomic E-state index is 8.07. The molecule has 0 saturated carbocycles. The maximum Gasteiger partial charge on any atom is 0.0714 e. The maximum atomic E-state index is 8.07. The Morgan fingerprint density at radius 1 is 0.407 bits per heavy atom. The molecular weight excluding hydrogens is 651 g/mol. The van der Waals surface area contributed by atoms with Gasteiger partial charge >= 0.3 is 0 Å². The first-order chi connectivity index (χ1) is 29.2. The minimum Gasteiger partial charge on any atom is -0.310 e. The molecule has 9 rings (SSSR count). The van der Waals surface area contributed by atoms with E-state index in [1.807, 2.05) is 24.3 Å². The van der Waals surface area contributed by atoms with Crippen molar-refractivity contribution in [3.05, 3.63) is 247 Å².